The molecule has 27 heavy (non-hydrogen) atoms. The second-order valence-corrected chi connectivity index (χ2v) is 7.76. The quantitative estimate of drug-likeness (QED) is 0.512. The molecule has 0 saturated carbocycles. The van der Waals surface area contributed by atoms with Crippen LogP contribution in [0.15, 0.2) is 6.07 Å². The van der Waals surface area contributed by atoms with Gasteiger partial charge in [0.15, 0.2) is 5.82 Å². The molecule has 11 heteroatoms. The summed E-state index contributed by atoms with van der Waals surface area (Å²) in [6.45, 7) is -0.171. The fourth-order valence-corrected chi connectivity index (χ4v) is 4.32. The maximum Gasteiger partial charge on any atom is 0.389 e. The first kappa shape index (κ1) is 19.9. The van der Waals surface area contributed by atoms with E-state index in [4.69, 9.17) is 0 Å². The number of amides is 1. The molecule has 0 spiro atoms. The van der Waals surface area contributed by atoms with Gasteiger partial charge in [0.25, 0.3) is 5.91 Å². The van der Waals surface area contributed by atoms with Crippen LogP contribution in [0.4, 0.5) is 23.2 Å². The van der Waals surface area contributed by atoms with Crippen molar-refractivity contribution in [2.45, 2.75) is 44.3 Å². The lowest BCUT2D eigenvalue weighted by molar-refractivity contribution is -0.135. The molecule has 1 aromatic carbocycles. The minimum atomic E-state index is -4.20. The normalized spacial score (nSPS) is 22.7. The van der Waals surface area contributed by atoms with E-state index in [0.29, 0.717) is 24.0 Å². The van der Waals surface area contributed by atoms with Gasteiger partial charge >= 0.3 is 6.18 Å². The predicted octanol–water partition coefficient (Wildman–Crippen LogP) is 1.84. The van der Waals surface area contributed by atoms with Crippen molar-refractivity contribution in [2.24, 2.45) is 0 Å². The van der Waals surface area contributed by atoms with Gasteiger partial charge in [-0.05, 0) is 49.4 Å². The number of fused-ring (bicyclic) bond motifs is 1. The number of phenolic OH excluding ortho intramolecular Hbond substituents is 1. The van der Waals surface area contributed by atoms with E-state index in [1.54, 1.807) is 0 Å². The molecule has 3 N–H and O–H groups in total. The minimum absolute atomic E-state index is 0.0588. The van der Waals surface area contributed by atoms with Gasteiger partial charge in [0.2, 0.25) is 11.2 Å². The zero-order valence-electron chi connectivity index (χ0n) is 14.2. The third-order valence-electron chi connectivity index (χ3n) is 4.63. The Balaban J connectivity index is 1.73. The number of hydrogen-bond acceptors (Lipinski definition) is 4. The van der Waals surface area contributed by atoms with Crippen LogP contribution in [0.3, 0.4) is 0 Å². The number of benzene rings is 1. The third kappa shape index (κ3) is 4.52. The number of alkyl halides is 3. The molecular weight excluding hydrogens is 390 g/mol. The van der Waals surface area contributed by atoms with Gasteiger partial charge in [-0.2, -0.15) is 13.2 Å². The molecule has 6 nitrogen and oxygen atoms in total. The Labute approximate surface area is 155 Å². The summed E-state index contributed by atoms with van der Waals surface area (Å²) in [5.74, 6) is -1.70. The van der Waals surface area contributed by atoms with E-state index in [0.717, 1.165) is 4.31 Å². The summed E-state index contributed by atoms with van der Waals surface area (Å²) < 4.78 is 66.6. The maximum absolute atomic E-state index is 15.0. The minimum Gasteiger partial charge on any atom is -0.506 e. The van der Waals surface area contributed by atoms with E-state index in [2.05, 4.69) is 10.0 Å². The van der Waals surface area contributed by atoms with E-state index >= 15 is 4.39 Å². The van der Waals surface area contributed by atoms with Crippen LogP contribution in [0, 0.1) is 5.82 Å². The standard InChI is InChI=1S/C16H19F4N3O3S/c17-14-11-7-10(21-5-1-4-16(18,19)20)3-2-9(11)6-12(24)15(14)23-8-13(25)22-27(23)26/h6,10,21,24H,1-5,7-8H2,(H,22,25). The SMILES string of the molecule is O=C1CN(c2c(O)cc3c(c2F)CC(NCCCC(F)(F)F)CC3)S(=O)N1. The molecule has 150 valence electrons. The molecule has 1 fully saturated rings. The van der Waals surface area contributed by atoms with Gasteiger partial charge in [-0.3, -0.25) is 13.8 Å². The zero-order chi connectivity index (χ0) is 19.8. The van der Waals surface area contributed by atoms with Crippen LogP contribution in [-0.2, 0) is 28.8 Å². The number of anilines is 1. The average Bonchev–Trinajstić information content (AvgIpc) is 2.89. The average molecular weight is 409 g/mol. The number of rotatable bonds is 5. The van der Waals surface area contributed by atoms with Gasteiger partial charge in [0.05, 0.1) is 0 Å². The number of phenols is 1. The Morgan fingerprint density at radius 1 is 1.41 bits per heavy atom. The highest BCUT2D eigenvalue weighted by Crippen LogP contribution is 2.39. The molecule has 1 aliphatic carbocycles. The summed E-state index contributed by atoms with van der Waals surface area (Å²) in [5.41, 5.74) is 0.619. The van der Waals surface area contributed by atoms with Gasteiger partial charge in [-0.15, -0.1) is 0 Å². The zero-order valence-corrected chi connectivity index (χ0v) is 15.1. The fraction of sp³-hybridized carbons (Fsp3) is 0.562. The fourth-order valence-electron chi connectivity index (χ4n) is 3.38. The van der Waals surface area contributed by atoms with Gasteiger partial charge < -0.3 is 10.4 Å². The first-order valence-electron chi connectivity index (χ1n) is 8.48. The second-order valence-electron chi connectivity index (χ2n) is 6.62. The molecule has 3 rings (SSSR count). The Kier molecular flexibility index (Phi) is 5.61. The van der Waals surface area contributed by atoms with Gasteiger partial charge in [0.1, 0.15) is 18.0 Å². The van der Waals surface area contributed by atoms with Gasteiger partial charge in [-0.25, -0.2) is 8.60 Å². The molecule has 1 aromatic rings. The van der Waals surface area contributed by atoms with Crippen LogP contribution in [0.1, 0.15) is 30.4 Å². The smallest absolute Gasteiger partial charge is 0.389 e. The number of aromatic hydroxyl groups is 1. The van der Waals surface area contributed by atoms with Crippen molar-refractivity contribution in [2.75, 3.05) is 17.4 Å². The molecule has 0 aromatic heterocycles. The van der Waals surface area contributed by atoms with Crippen molar-refractivity contribution in [3.63, 3.8) is 0 Å². The Morgan fingerprint density at radius 3 is 2.78 bits per heavy atom. The first-order valence-corrected chi connectivity index (χ1v) is 9.58. The van der Waals surface area contributed by atoms with Crippen molar-refractivity contribution in [1.82, 2.24) is 10.0 Å². The van der Waals surface area contributed by atoms with Crippen LogP contribution in [0.5, 0.6) is 5.75 Å². The maximum atomic E-state index is 15.0. The summed E-state index contributed by atoms with van der Waals surface area (Å²) in [6.07, 6.45) is -3.84. The summed E-state index contributed by atoms with van der Waals surface area (Å²) in [4.78, 5) is 11.4. The van der Waals surface area contributed by atoms with Crippen molar-refractivity contribution in [3.8, 4) is 5.75 Å². The molecule has 1 amide bonds. The third-order valence-corrected chi connectivity index (χ3v) is 5.75. The number of nitrogens with zero attached hydrogens (tertiary/aromatic N) is 1. The van der Waals surface area contributed by atoms with Crippen molar-refractivity contribution < 1.29 is 31.7 Å². The molecule has 2 aliphatic rings. The Bertz CT molecular complexity index is 772. The lowest BCUT2D eigenvalue weighted by Gasteiger charge is -2.28. The monoisotopic (exact) mass is 409 g/mol. The van der Waals surface area contributed by atoms with E-state index in [1.165, 1.54) is 6.07 Å². The van der Waals surface area contributed by atoms with Gasteiger partial charge in [-0.1, -0.05) is 0 Å². The highest BCUT2D eigenvalue weighted by atomic mass is 32.2. The van der Waals surface area contributed by atoms with Crippen LogP contribution in [0.2, 0.25) is 0 Å². The molecule has 1 saturated heterocycles. The van der Waals surface area contributed by atoms with Crippen LogP contribution >= 0.6 is 0 Å². The number of carbonyl (C=O) groups is 1. The van der Waals surface area contributed by atoms with Gasteiger partial charge in [0, 0.05) is 12.5 Å². The van der Waals surface area contributed by atoms with Crippen molar-refractivity contribution >= 4 is 22.8 Å². The highest BCUT2D eigenvalue weighted by molar-refractivity contribution is 7.85. The summed E-state index contributed by atoms with van der Waals surface area (Å²) in [7, 11) is 0. The highest BCUT2D eigenvalue weighted by Gasteiger charge is 2.34. The molecule has 0 radical (unpaired) electrons. The number of aryl methyl sites for hydroxylation is 1. The number of nitrogens with one attached hydrogen (secondary N) is 2. The number of hydrogen-bond donors (Lipinski definition) is 3. The van der Waals surface area contributed by atoms with E-state index in [9.17, 15) is 27.3 Å². The van der Waals surface area contributed by atoms with Crippen LogP contribution in [-0.4, -0.2) is 40.5 Å². The predicted molar refractivity (Wildman–Crippen MR) is 90.8 cm³/mol. The van der Waals surface area contributed by atoms with Crippen LogP contribution < -0.4 is 14.3 Å². The molecule has 1 aliphatic heterocycles. The summed E-state index contributed by atoms with van der Waals surface area (Å²) in [5, 5.41) is 13.2. The second kappa shape index (κ2) is 7.63. The Morgan fingerprint density at radius 2 is 2.15 bits per heavy atom. The molecule has 0 bridgehead atoms. The van der Waals surface area contributed by atoms with Crippen molar-refractivity contribution in [1.29, 1.82) is 0 Å². The summed E-state index contributed by atoms with van der Waals surface area (Å²) >= 11 is -1.97. The first-order chi connectivity index (χ1) is 12.7. The van der Waals surface area contributed by atoms with Crippen molar-refractivity contribution in [3.05, 3.63) is 23.0 Å². The van der Waals surface area contributed by atoms with E-state index in [1.807, 2.05) is 0 Å². The number of halogens is 4. The van der Waals surface area contributed by atoms with E-state index < -0.39 is 41.2 Å². The van der Waals surface area contributed by atoms with E-state index in [-0.39, 0.29) is 37.7 Å². The molecule has 2 unspecified atom stereocenters. The molecular formula is C16H19F4N3O3S. The molecule has 2 atom stereocenters. The summed E-state index contributed by atoms with van der Waals surface area (Å²) in [6, 6.07) is 1.20. The number of carbonyl (C=O) groups excluding carboxylic acids is 1. The largest absolute Gasteiger partial charge is 0.506 e. The van der Waals surface area contributed by atoms with Crippen LogP contribution in [0.25, 0.3) is 0 Å². The topological polar surface area (TPSA) is 81.7 Å². The lowest BCUT2D eigenvalue weighted by atomic mass is 9.87. The molecule has 1 heterocycles. The Hall–Kier alpha value is -1.88. The lowest BCUT2D eigenvalue weighted by Crippen LogP contribution is -2.36.